The van der Waals surface area contributed by atoms with Crippen LogP contribution in [0.3, 0.4) is 0 Å². The molecule has 1 aromatic heterocycles. The highest BCUT2D eigenvalue weighted by Gasteiger charge is 2.33. The Balaban J connectivity index is 1.99. The first kappa shape index (κ1) is 22.4. The van der Waals surface area contributed by atoms with E-state index in [1.54, 1.807) is 21.0 Å². The number of methoxy groups -OCH3 is 1. The maximum Gasteiger partial charge on any atom is 0.329 e. The molecule has 31 heavy (non-hydrogen) atoms. The Bertz CT molecular complexity index is 1000. The minimum Gasteiger partial charge on any atom is -0.488 e. The third-order valence-corrected chi connectivity index (χ3v) is 4.94. The van der Waals surface area contributed by atoms with Crippen LogP contribution in [0.15, 0.2) is 54.7 Å². The molecule has 0 radical (unpaired) electrons. The summed E-state index contributed by atoms with van der Waals surface area (Å²) in [5, 5.41) is 3.46. The van der Waals surface area contributed by atoms with Crippen molar-refractivity contribution in [2.24, 2.45) is 0 Å². The van der Waals surface area contributed by atoms with Gasteiger partial charge in [0.15, 0.2) is 0 Å². The topological polar surface area (TPSA) is 89.7 Å². The van der Waals surface area contributed by atoms with E-state index in [0.29, 0.717) is 18.8 Å². The maximum atomic E-state index is 12.7. The van der Waals surface area contributed by atoms with E-state index in [4.69, 9.17) is 14.2 Å². The van der Waals surface area contributed by atoms with Crippen LogP contribution < -0.4 is 10.1 Å². The molecule has 2 atom stereocenters. The molecule has 0 saturated carbocycles. The van der Waals surface area contributed by atoms with E-state index < -0.39 is 17.9 Å². The molecule has 1 amide bonds. The Morgan fingerprint density at radius 1 is 1.13 bits per heavy atom. The Morgan fingerprint density at radius 3 is 2.58 bits per heavy atom. The zero-order valence-electron chi connectivity index (χ0n) is 18.0. The van der Waals surface area contributed by atoms with E-state index in [9.17, 15) is 9.59 Å². The lowest BCUT2D eigenvalue weighted by Crippen LogP contribution is -2.44. The van der Waals surface area contributed by atoms with Crippen LogP contribution in [0.4, 0.5) is 0 Å². The van der Waals surface area contributed by atoms with Gasteiger partial charge in [-0.05, 0) is 37.1 Å². The number of carbonyl (C=O) groups excluding carboxylic acids is 2. The van der Waals surface area contributed by atoms with Crippen molar-refractivity contribution in [1.29, 1.82) is 0 Å². The van der Waals surface area contributed by atoms with Gasteiger partial charge in [-0.3, -0.25) is 4.79 Å². The van der Waals surface area contributed by atoms with Gasteiger partial charge in [0.05, 0.1) is 12.7 Å². The molecule has 7 nitrogen and oxygen atoms in total. The molecule has 2 N–H and O–H groups in total. The molecule has 0 saturated heterocycles. The molecule has 3 rings (SSSR count). The van der Waals surface area contributed by atoms with E-state index in [1.807, 2.05) is 54.7 Å². The third kappa shape index (κ3) is 5.44. The number of fused-ring (bicyclic) bond motifs is 1. The zero-order chi connectivity index (χ0) is 22.2. The average Bonchev–Trinajstić information content (AvgIpc) is 3.19. The van der Waals surface area contributed by atoms with Crippen LogP contribution in [0.25, 0.3) is 10.9 Å². The SMILES string of the molecule is COCC(c1c[nH]c2cccc(OCc3ccccc3)c12)C(NC=O)C(=O)OC(C)C. The van der Waals surface area contributed by atoms with Gasteiger partial charge in [-0.15, -0.1) is 0 Å². The summed E-state index contributed by atoms with van der Waals surface area (Å²) in [5.74, 6) is -0.307. The van der Waals surface area contributed by atoms with Gasteiger partial charge >= 0.3 is 5.97 Å². The fraction of sp³-hybridized carbons (Fsp3) is 0.333. The molecule has 2 aromatic carbocycles. The van der Waals surface area contributed by atoms with Crippen molar-refractivity contribution in [2.75, 3.05) is 13.7 Å². The van der Waals surface area contributed by atoms with E-state index in [2.05, 4.69) is 10.3 Å². The second-order valence-corrected chi connectivity index (χ2v) is 7.51. The molecular formula is C24H28N2O5. The lowest BCUT2D eigenvalue weighted by Gasteiger charge is -2.25. The highest BCUT2D eigenvalue weighted by Crippen LogP contribution is 2.35. The Hall–Kier alpha value is -3.32. The minimum atomic E-state index is -0.902. The van der Waals surface area contributed by atoms with Crippen LogP contribution in [-0.4, -0.2) is 43.2 Å². The number of hydrogen-bond donors (Lipinski definition) is 2. The summed E-state index contributed by atoms with van der Waals surface area (Å²) in [4.78, 5) is 27.3. The standard InChI is InChI=1S/C24H28N2O5/c1-16(2)31-24(28)23(26-15-27)19(14-29-3)18-12-25-20-10-7-11-21(22(18)20)30-13-17-8-5-4-6-9-17/h4-12,15-16,19,23,25H,13-14H2,1-3H3,(H,26,27). The highest BCUT2D eigenvalue weighted by atomic mass is 16.5. The molecule has 0 aliphatic heterocycles. The van der Waals surface area contributed by atoms with Gasteiger partial charge < -0.3 is 24.5 Å². The van der Waals surface area contributed by atoms with Gasteiger partial charge in [0, 0.05) is 30.1 Å². The van der Waals surface area contributed by atoms with E-state index in [0.717, 1.165) is 22.0 Å². The van der Waals surface area contributed by atoms with Crippen molar-refractivity contribution in [3.05, 3.63) is 65.9 Å². The minimum absolute atomic E-state index is 0.207. The summed E-state index contributed by atoms with van der Waals surface area (Å²) in [6.45, 7) is 4.15. The summed E-state index contributed by atoms with van der Waals surface area (Å²) < 4.78 is 16.9. The molecule has 3 aromatic rings. The molecule has 7 heteroatoms. The quantitative estimate of drug-likeness (QED) is 0.363. The Labute approximate surface area is 181 Å². The number of amides is 1. The lowest BCUT2D eigenvalue weighted by atomic mass is 9.91. The molecule has 2 unspecified atom stereocenters. The Kier molecular flexibility index (Phi) is 7.67. The fourth-order valence-electron chi connectivity index (χ4n) is 3.60. The summed E-state index contributed by atoms with van der Waals surface area (Å²) >= 11 is 0. The zero-order valence-corrected chi connectivity index (χ0v) is 18.0. The number of ether oxygens (including phenoxy) is 3. The monoisotopic (exact) mass is 424 g/mol. The molecule has 0 spiro atoms. The summed E-state index contributed by atoms with van der Waals surface area (Å²) in [7, 11) is 1.56. The van der Waals surface area contributed by atoms with Crippen LogP contribution in [0.5, 0.6) is 5.75 Å². The first-order chi connectivity index (χ1) is 15.0. The van der Waals surface area contributed by atoms with Crippen LogP contribution in [0.1, 0.15) is 30.9 Å². The van der Waals surface area contributed by atoms with E-state index >= 15 is 0 Å². The highest BCUT2D eigenvalue weighted by molar-refractivity contribution is 5.91. The smallest absolute Gasteiger partial charge is 0.329 e. The molecule has 0 bridgehead atoms. The van der Waals surface area contributed by atoms with Crippen molar-refractivity contribution in [3.8, 4) is 5.75 Å². The van der Waals surface area contributed by atoms with E-state index in [1.165, 1.54) is 0 Å². The number of aromatic amines is 1. The number of benzene rings is 2. The summed E-state index contributed by atoms with van der Waals surface area (Å²) in [5.41, 5.74) is 2.72. The number of hydrogen-bond acceptors (Lipinski definition) is 5. The number of esters is 1. The molecule has 1 heterocycles. The number of nitrogens with one attached hydrogen (secondary N) is 2. The van der Waals surface area contributed by atoms with Gasteiger partial charge in [0.1, 0.15) is 18.4 Å². The largest absolute Gasteiger partial charge is 0.488 e. The van der Waals surface area contributed by atoms with Gasteiger partial charge in [0.2, 0.25) is 6.41 Å². The van der Waals surface area contributed by atoms with Crippen molar-refractivity contribution >= 4 is 23.3 Å². The van der Waals surface area contributed by atoms with Crippen LogP contribution in [0, 0.1) is 0 Å². The van der Waals surface area contributed by atoms with Crippen LogP contribution in [-0.2, 0) is 25.7 Å². The van der Waals surface area contributed by atoms with Crippen LogP contribution in [0.2, 0.25) is 0 Å². The van der Waals surface area contributed by atoms with Gasteiger partial charge in [-0.1, -0.05) is 36.4 Å². The fourth-order valence-corrected chi connectivity index (χ4v) is 3.60. The number of aromatic nitrogens is 1. The Morgan fingerprint density at radius 2 is 1.90 bits per heavy atom. The number of rotatable bonds is 11. The van der Waals surface area contributed by atoms with Gasteiger partial charge in [-0.2, -0.15) is 0 Å². The van der Waals surface area contributed by atoms with E-state index in [-0.39, 0.29) is 12.7 Å². The van der Waals surface area contributed by atoms with Crippen molar-refractivity contribution in [1.82, 2.24) is 10.3 Å². The second-order valence-electron chi connectivity index (χ2n) is 7.51. The van der Waals surface area contributed by atoms with Gasteiger partial charge in [-0.25, -0.2) is 4.79 Å². The van der Waals surface area contributed by atoms with Crippen LogP contribution >= 0.6 is 0 Å². The normalized spacial score (nSPS) is 13.0. The summed E-state index contributed by atoms with van der Waals surface area (Å²) in [6.07, 6.45) is 2.03. The van der Waals surface area contributed by atoms with Gasteiger partial charge in [0.25, 0.3) is 0 Å². The molecular weight excluding hydrogens is 396 g/mol. The second kappa shape index (κ2) is 10.6. The van der Waals surface area contributed by atoms with Crippen molar-refractivity contribution in [2.45, 2.75) is 38.5 Å². The first-order valence-electron chi connectivity index (χ1n) is 10.2. The van der Waals surface area contributed by atoms with Crippen molar-refractivity contribution in [3.63, 3.8) is 0 Å². The predicted molar refractivity (Wildman–Crippen MR) is 118 cm³/mol. The molecule has 0 fully saturated rings. The first-order valence-corrected chi connectivity index (χ1v) is 10.2. The maximum absolute atomic E-state index is 12.7. The number of carbonyl (C=O) groups is 2. The molecule has 0 aliphatic rings. The van der Waals surface area contributed by atoms with Crippen molar-refractivity contribution < 1.29 is 23.8 Å². The predicted octanol–water partition coefficient (Wildman–Crippen LogP) is 3.54. The lowest BCUT2D eigenvalue weighted by molar-refractivity contribution is -0.151. The average molecular weight is 424 g/mol. The third-order valence-electron chi connectivity index (χ3n) is 4.94. The summed E-state index contributed by atoms with van der Waals surface area (Å²) in [6, 6.07) is 14.7. The molecule has 0 aliphatic carbocycles. The molecule has 164 valence electrons. The number of H-pyrrole nitrogens is 1.